The maximum absolute atomic E-state index is 9.80. The van der Waals surface area contributed by atoms with Crippen molar-refractivity contribution in [3.63, 3.8) is 0 Å². The maximum atomic E-state index is 9.80. The van der Waals surface area contributed by atoms with Gasteiger partial charge in [-0.2, -0.15) is 0 Å². The second-order valence-electron chi connectivity index (χ2n) is 6.06. The van der Waals surface area contributed by atoms with E-state index in [1.54, 1.807) is 0 Å². The lowest BCUT2D eigenvalue weighted by atomic mass is 9.88. The quantitative estimate of drug-likeness (QED) is 0.710. The lowest BCUT2D eigenvalue weighted by molar-refractivity contribution is 0.0689. The van der Waals surface area contributed by atoms with Crippen molar-refractivity contribution in [2.24, 2.45) is 5.41 Å². The zero-order valence-corrected chi connectivity index (χ0v) is 11.7. The highest BCUT2D eigenvalue weighted by molar-refractivity contribution is 4.90. The Morgan fingerprint density at radius 3 is 2.53 bits per heavy atom. The third-order valence-electron chi connectivity index (χ3n) is 3.90. The third-order valence-corrected chi connectivity index (χ3v) is 3.90. The van der Waals surface area contributed by atoms with Crippen molar-refractivity contribution in [2.45, 2.75) is 38.8 Å². The van der Waals surface area contributed by atoms with Crippen LogP contribution in [-0.4, -0.2) is 72.5 Å². The molecule has 0 aromatic rings. The van der Waals surface area contributed by atoms with Gasteiger partial charge in [0.1, 0.15) is 0 Å². The van der Waals surface area contributed by atoms with Gasteiger partial charge in [-0.25, -0.2) is 0 Å². The van der Waals surface area contributed by atoms with E-state index in [9.17, 15) is 10.2 Å². The molecule has 1 aliphatic heterocycles. The Hall–Kier alpha value is -0.160. The standard InChI is InChI=1S/C13H28N2O2/c1-5-13(2,10-16)9-15-8-12(17)6-11(15)7-14(3)4/h11-12,16-17H,5-10H2,1-4H3. The van der Waals surface area contributed by atoms with Gasteiger partial charge in [-0.3, -0.25) is 4.90 Å². The Bertz CT molecular complexity index is 229. The average molecular weight is 244 g/mol. The van der Waals surface area contributed by atoms with E-state index in [2.05, 4.69) is 37.7 Å². The first-order valence-corrected chi connectivity index (χ1v) is 6.58. The number of aliphatic hydroxyl groups is 2. The van der Waals surface area contributed by atoms with Crippen molar-refractivity contribution < 1.29 is 10.2 Å². The Morgan fingerprint density at radius 2 is 2.06 bits per heavy atom. The SMILES string of the molecule is CCC(C)(CO)CN1CC(O)CC1CN(C)C. The molecule has 0 aromatic carbocycles. The Labute approximate surface area is 105 Å². The Morgan fingerprint density at radius 1 is 1.41 bits per heavy atom. The Balaban J connectivity index is 2.61. The van der Waals surface area contributed by atoms with Crippen molar-refractivity contribution in [1.82, 2.24) is 9.80 Å². The first-order valence-electron chi connectivity index (χ1n) is 6.58. The molecular weight excluding hydrogens is 216 g/mol. The predicted octanol–water partition coefficient (Wildman–Crippen LogP) is 0.392. The van der Waals surface area contributed by atoms with Crippen LogP contribution < -0.4 is 0 Å². The van der Waals surface area contributed by atoms with Crippen LogP contribution in [0, 0.1) is 5.41 Å². The number of aliphatic hydroxyl groups excluding tert-OH is 2. The van der Waals surface area contributed by atoms with Gasteiger partial charge in [0, 0.05) is 37.7 Å². The topological polar surface area (TPSA) is 46.9 Å². The molecule has 3 atom stereocenters. The van der Waals surface area contributed by atoms with E-state index in [-0.39, 0.29) is 18.1 Å². The van der Waals surface area contributed by atoms with E-state index in [0.29, 0.717) is 6.04 Å². The summed E-state index contributed by atoms with van der Waals surface area (Å²) in [5.41, 5.74) is -0.0470. The fraction of sp³-hybridized carbons (Fsp3) is 1.00. The summed E-state index contributed by atoms with van der Waals surface area (Å²) in [6.07, 6.45) is 1.61. The molecule has 0 aromatic heterocycles. The Kier molecular flexibility index (Phi) is 5.38. The zero-order chi connectivity index (χ0) is 13.1. The van der Waals surface area contributed by atoms with Gasteiger partial charge in [-0.15, -0.1) is 0 Å². The van der Waals surface area contributed by atoms with E-state index in [1.807, 2.05) is 0 Å². The van der Waals surface area contributed by atoms with Gasteiger partial charge >= 0.3 is 0 Å². The number of rotatable bonds is 6. The third kappa shape index (κ3) is 4.21. The molecule has 2 N–H and O–H groups in total. The van der Waals surface area contributed by atoms with Crippen molar-refractivity contribution >= 4 is 0 Å². The zero-order valence-electron chi connectivity index (χ0n) is 11.7. The summed E-state index contributed by atoms with van der Waals surface area (Å²) in [4.78, 5) is 4.50. The van der Waals surface area contributed by atoms with Crippen LogP contribution in [0.1, 0.15) is 26.7 Å². The molecule has 4 nitrogen and oxygen atoms in total. The van der Waals surface area contributed by atoms with Crippen LogP contribution in [0.25, 0.3) is 0 Å². The van der Waals surface area contributed by atoms with Gasteiger partial charge in [0.2, 0.25) is 0 Å². The number of hydrogen-bond acceptors (Lipinski definition) is 4. The van der Waals surface area contributed by atoms with Crippen LogP contribution >= 0.6 is 0 Å². The van der Waals surface area contributed by atoms with Crippen LogP contribution in [-0.2, 0) is 0 Å². The van der Waals surface area contributed by atoms with Crippen LogP contribution in [0.5, 0.6) is 0 Å². The molecule has 0 spiro atoms. The van der Waals surface area contributed by atoms with E-state index in [0.717, 1.165) is 32.5 Å². The lowest BCUT2D eigenvalue weighted by Gasteiger charge is -2.35. The lowest BCUT2D eigenvalue weighted by Crippen LogP contribution is -2.44. The van der Waals surface area contributed by atoms with Gasteiger partial charge in [0.25, 0.3) is 0 Å². The highest BCUT2D eigenvalue weighted by Crippen LogP contribution is 2.27. The fourth-order valence-electron chi connectivity index (χ4n) is 2.53. The number of nitrogens with zero attached hydrogens (tertiary/aromatic N) is 2. The van der Waals surface area contributed by atoms with Gasteiger partial charge in [0.05, 0.1) is 6.10 Å². The number of likely N-dealkylation sites (N-methyl/N-ethyl adjacent to an activating group) is 1. The highest BCUT2D eigenvalue weighted by atomic mass is 16.3. The molecule has 0 radical (unpaired) electrons. The molecule has 0 bridgehead atoms. The summed E-state index contributed by atoms with van der Waals surface area (Å²) >= 11 is 0. The summed E-state index contributed by atoms with van der Waals surface area (Å²) in [6, 6.07) is 0.414. The maximum Gasteiger partial charge on any atom is 0.0682 e. The molecule has 4 heteroatoms. The minimum Gasteiger partial charge on any atom is -0.396 e. The number of β-amino-alcohol motifs (C(OH)–C–C–N with tert-alkyl or cyclic N) is 1. The molecule has 1 saturated heterocycles. The van der Waals surface area contributed by atoms with Crippen molar-refractivity contribution in [2.75, 3.05) is 40.3 Å². The molecule has 0 amide bonds. The molecule has 102 valence electrons. The normalized spacial score (nSPS) is 29.8. The van der Waals surface area contributed by atoms with Gasteiger partial charge < -0.3 is 15.1 Å². The minimum atomic E-state index is -0.209. The first kappa shape index (κ1) is 14.9. The number of hydrogen-bond donors (Lipinski definition) is 2. The summed E-state index contributed by atoms with van der Waals surface area (Å²) < 4.78 is 0. The van der Waals surface area contributed by atoms with E-state index in [4.69, 9.17) is 0 Å². The summed E-state index contributed by atoms with van der Waals surface area (Å²) in [5.74, 6) is 0. The highest BCUT2D eigenvalue weighted by Gasteiger charge is 2.35. The molecule has 3 unspecified atom stereocenters. The van der Waals surface area contributed by atoms with E-state index >= 15 is 0 Å². The minimum absolute atomic E-state index is 0.0470. The molecule has 1 rings (SSSR count). The molecule has 1 aliphatic rings. The summed E-state index contributed by atoms with van der Waals surface area (Å²) in [7, 11) is 4.13. The second kappa shape index (κ2) is 6.14. The van der Waals surface area contributed by atoms with Crippen LogP contribution in [0.2, 0.25) is 0 Å². The number of likely N-dealkylation sites (tertiary alicyclic amines) is 1. The van der Waals surface area contributed by atoms with Crippen LogP contribution in [0.3, 0.4) is 0 Å². The van der Waals surface area contributed by atoms with Crippen molar-refractivity contribution in [1.29, 1.82) is 0 Å². The van der Waals surface area contributed by atoms with Crippen molar-refractivity contribution in [3.05, 3.63) is 0 Å². The molecule has 0 aliphatic carbocycles. The van der Waals surface area contributed by atoms with Gasteiger partial charge in [-0.1, -0.05) is 13.8 Å². The summed E-state index contributed by atoms with van der Waals surface area (Å²) in [5, 5.41) is 19.3. The van der Waals surface area contributed by atoms with E-state index < -0.39 is 0 Å². The van der Waals surface area contributed by atoms with Gasteiger partial charge in [-0.05, 0) is 26.9 Å². The fourth-order valence-corrected chi connectivity index (χ4v) is 2.53. The average Bonchev–Trinajstić information content (AvgIpc) is 2.57. The predicted molar refractivity (Wildman–Crippen MR) is 70.0 cm³/mol. The van der Waals surface area contributed by atoms with Crippen molar-refractivity contribution in [3.8, 4) is 0 Å². The molecule has 1 fully saturated rings. The van der Waals surface area contributed by atoms with E-state index in [1.165, 1.54) is 0 Å². The van der Waals surface area contributed by atoms with Crippen LogP contribution in [0.4, 0.5) is 0 Å². The molecule has 1 heterocycles. The molecule has 0 saturated carbocycles. The second-order valence-corrected chi connectivity index (χ2v) is 6.06. The summed E-state index contributed by atoms with van der Waals surface area (Å²) in [6.45, 7) is 7.03. The monoisotopic (exact) mass is 244 g/mol. The molecule has 17 heavy (non-hydrogen) atoms. The molecular formula is C13H28N2O2. The van der Waals surface area contributed by atoms with Gasteiger partial charge in [0.15, 0.2) is 0 Å². The largest absolute Gasteiger partial charge is 0.396 e. The van der Waals surface area contributed by atoms with Crippen LogP contribution in [0.15, 0.2) is 0 Å². The smallest absolute Gasteiger partial charge is 0.0682 e. The first-order chi connectivity index (χ1) is 7.90.